The summed E-state index contributed by atoms with van der Waals surface area (Å²) in [5.74, 6) is 0.762. The summed E-state index contributed by atoms with van der Waals surface area (Å²) in [4.78, 5) is 0.461. The van der Waals surface area contributed by atoms with Gasteiger partial charge in [-0.25, -0.2) is 8.42 Å². The van der Waals surface area contributed by atoms with Crippen LogP contribution >= 0.6 is 0 Å². The van der Waals surface area contributed by atoms with Crippen molar-refractivity contribution >= 4 is 15.9 Å². The Morgan fingerprint density at radius 3 is 2.65 bits per heavy atom. The van der Waals surface area contributed by atoms with E-state index in [0.717, 1.165) is 22.4 Å². The van der Waals surface area contributed by atoms with Gasteiger partial charge < -0.3 is 4.74 Å². The number of nitrogens with zero attached hydrogens (tertiary/aromatic N) is 1. The van der Waals surface area contributed by atoms with Crippen LogP contribution in [0, 0.1) is 11.3 Å². The van der Waals surface area contributed by atoms with E-state index in [1.165, 1.54) is 0 Å². The van der Waals surface area contributed by atoms with Crippen LogP contribution in [0.1, 0.15) is 36.0 Å². The van der Waals surface area contributed by atoms with Crippen molar-refractivity contribution in [1.29, 1.82) is 5.26 Å². The van der Waals surface area contributed by atoms with Crippen molar-refractivity contribution in [1.82, 2.24) is 0 Å². The monoisotopic (exact) mass is 367 g/mol. The topological polar surface area (TPSA) is 67.2 Å². The Labute approximate surface area is 154 Å². The maximum absolute atomic E-state index is 12.5. The van der Waals surface area contributed by atoms with E-state index in [2.05, 4.69) is 0 Å². The normalized spacial score (nSPS) is 13.4. The molecule has 0 amide bonds. The third-order valence-corrected chi connectivity index (χ3v) is 6.37. The zero-order valence-corrected chi connectivity index (χ0v) is 15.3. The van der Waals surface area contributed by atoms with E-state index in [9.17, 15) is 8.42 Å². The fourth-order valence-corrected chi connectivity index (χ4v) is 4.49. The average Bonchev–Trinajstić information content (AvgIpc) is 2.66. The molecular formula is C21H21NO3S. The molecule has 4 nitrogen and oxygen atoms in total. The van der Waals surface area contributed by atoms with Crippen LogP contribution in [0.3, 0.4) is 0 Å². The Kier molecular flexibility index (Phi) is 5.75. The molecule has 134 valence electrons. The second kappa shape index (κ2) is 8.20. The highest BCUT2D eigenvalue weighted by atomic mass is 32.2. The Morgan fingerprint density at radius 2 is 1.88 bits per heavy atom. The summed E-state index contributed by atoms with van der Waals surface area (Å²) < 4.78 is 30.8. The molecule has 1 aliphatic rings. The van der Waals surface area contributed by atoms with Crippen LogP contribution in [0.25, 0.3) is 6.08 Å². The molecule has 0 saturated heterocycles. The molecule has 5 heteroatoms. The number of sulfone groups is 1. The van der Waals surface area contributed by atoms with Gasteiger partial charge in [-0.2, -0.15) is 5.26 Å². The lowest BCUT2D eigenvalue weighted by Gasteiger charge is -2.18. The Morgan fingerprint density at radius 1 is 1.08 bits per heavy atom. The molecule has 0 N–H and O–H groups in total. The summed E-state index contributed by atoms with van der Waals surface area (Å²) >= 11 is 0. The van der Waals surface area contributed by atoms with Gasteiger partial charge in [0.05, 0.1) is 11.8 Å². The number of nitriles is 1. The minimum Gasteiger partial charge on any atom is -0.489 e. The van der Waals surface area contributed by atoms with Crippen LogP contribution in [-0.4, -0.2) is 14.2 Å². The van der Waals surface area contributed by atoms with E-state index in [1.54, 1.807) is 6.08 Å². The van der Waals surface area contributed by atoms with E-state index in [-0.39, 0.29) is 12.2 Å². The second-order valence-corrected chi connectivity index (χ2v) is 8.49. The van der Waals surface area contributed by atoms with Gasteiger partial charge in [0.1, 0.15) is 12.4 Å². The van der Waals surface area contributed by atoms with Gasteiger partial charge in [-0.3, -0.25) is 0 Å². The summed E-state index contributed by atoms with van der Waals surface area (Å²) in [7, 11) is -3.30. The lowest BCUT2D eigenvalue weighted by molar-refractivity contribution is 0.306. The number of rotatable bonds is 7. The largest absolute Gasteiger partial charge is 0.489 e. The van der Waals surface area contributed by atoms with Crippen LogP contribution in [0.2, 0.25) is 0 Å². The van der Waals surface area contributed by atoms with Gasteiger partial charge in [-0.05, 0) is 54.2 Å². The van der Waals surface area contributed by atoms with E-state index in [4.69, 9.17) is 10.00 Å². The highest BCUT2D eigenvalue weighted by molar-refractivity contribution is 7.95. The van der Waals surface area contributed by atoms with Gasteiger partial charge in [-0.15, -0.1) is 0 Å². The molecule has 0 fully saturated rings. The van der Waals surface area contributed by atoms with Crippen LogP contribution < -0.4 is 4.74 Å². The zero-order valence-electron chi connectivity index (χ0n) is 14.5. The lowest BCUT2D eigenvalue weighted by atomic mass is 9.97. The number of hydrogen-bond acceptors (Lipinski definition) is 4. The van der Waals surface area contributed by atoms with Crippen LogP contribution in [0.15, 0.2) is 53.4 Å². The van der Waals surface area contributed by atoms with Gasteiger partial charge in [0.2, 0.25) is 0 Å². The lowest BCUT2D eigenvalue weighted by Crippen LogP contribution is -2.13. The molecule has 0 aliphatic heterocycles. The van der Waals surface area contributed by atoms with E-state index in [1.807, 2.05) is 54.6 Å². The Hall–Kier alpha value is -2.58. The van der Waals surface area contributed by atoms with Crippen molar-refractivity contribution in [2.75, 3.05) is 5.75 Å². The van der Waals surface area contributed by atoms with Crippen molar-refractivity contribution in [2.45, 2.75) is 32.3 Å². The summed E-state index contributed by atoms with van der Waals surface area (Å²) in [6.07, 6.45) is 3.63. The standard InChI is InChI=1S/C21H21NO3S/c22-12-4-5-13-26(23,24)21-11-9-18-8-10-20(14-19(18)15-21)25-16-17-6-2-1-3-7-17/h1-3,6-8,10,14-15H,4-5,9,11,13,16H2. The molecule has 0 bridgehead atoms. The van der Waals surface area contributed by atoms with Gasteiger partial charge in [0.25, 0.3) is 0 Å². The molecule has 2 aromatic rings. The molecule has 0 atom stereocenters. The Bertz CT molecular complexity index is 941. The van der Waals surface area contributed by atoms with E-state index >= 15 is 0 Å². The fourth-order valence-electron chi connectivity index (χ4n) is 2.99. The first-order valence-electron chi connectivity index (χ1n) is 8.68. The number of unbranched alkanes of at least 4 members (excludes halogenated alkanes) is 1. The smallest absolute Gasteiger partial charge is 0.174 e. The predicted octanol–water partition coefficient (Wildman–Crippen LogP) is 4.27. The summed E-state index contributed by atoms with van der Waals surface area (Å²) in [5.41, 5.74) is 3.12. The maximum atomic E-state index is 12.5. The van der Waals surface area contributed by atoms with Crippen LogP contribution in [0.4, 0.5) is 0 Å². The summed E-state index contributed by atoms with van der Waals surface area (Å²) in [5, 5.41) is 8.59. The van der Waals surface area contributed by atoms with Gasteiger partial charge in [-0.1, -0.05) is 36.4 Å². The summed E-state index contributed by atoms with van der Waals surface area (Å²) in [6.45, 7) is 0.475. The molecule has 3 rings (SSSR count). The minimum absolute atomic E-state index is 0.0337. The van der Waals surface area contributed by atoms with Crippen molar-refractivity contribution in [3.8, 4) is 11.8 Å². The number of hydrogen-bond donors (Lipinski definition) is 0. The number of aryl methyl sites for hydroxylation is 1. The van der Waals surface area contributed by atoms with Crippen molar-refractivity contribution < 1.29 is 13.2 Å². The predicted molar refractivity (Wildman–Crippen MR) is 102 cm³/mol. The highest BCUT2D eigenvalue weighted by Gasteiger charge is 2.21. The minimum atomic E-state index is -3.30. The van der Waals surface area contributed by atoms with Crippen molar-refractivity contribution in [2.24, 2.45) is 0 Å². The first-order valence-corrected chi connectivity index (χ1v) is 10.3. The zero-order chi connectivity index (χ0) is 18.4. The average molecular weight is 367 g/mol. The van der Waals surface area contributed by atoms with Crippen LogP contribution in [0.5, 0.6) is 5.75 Å². The molecular weight excluding hydrogens is 346 g/mol. The summed E-state index contributed by atoms with van der Waals surface area (Å²) in [6, 6.07) is 17.7. The number of benzene rings is 2. The number of fused-ring (bicyclic) bond motifs is 1. The molecule has 1 aliphatic carbocycles. The number of ether oxygens (including phenoxy) is 1. The van der Waals surface area contributed by atoms with E-state index < -0.39 is 9.84 Å². The first-order chi connectivity index (χ1) is 12.6. The third kappa shape index (κ3) is 4.53. The molecule has 2 aromatic carbocycles. The molecule has 0 saturated carbocycles. The third-order valence-electron chi connectivity index (χ3n) is 4.42. The maximum Gasteiger partial charge on any atom is 0.174 e. The first kappa shape index (κ1) is 18.2. The molecule has 0 aromatic heterocycles. The Balaban J connectivity index is 1.75. The van der Waals surface area contributed by atoms with Gasteiger partial charge in [0, 0.05) is 11.3 Å². The van der Waals surface area contributed by atoms with Gasteiger partial charge >= 0.3 is 0 Å². The quantitative estimate of drug-likeness (QED) is 0.685. The molecule has 0 radical (unpaired) electrons. The second-order valence-electron chi connectivity index (χ2n) is 6.33. The fraction of sp³-hybridized carbons (Fsp3) is 0.286. The van der Waals surface area contributed by atoms with Crippen molar-refractivity contribution in [3.05, 3.63) is 70.1 Å². The van der Waals surface area contributed by atoms with E-state index in [0.29, 0.717) is 30.8 Å². The SMILES string of the molecule is N#CCCCS(=O)(=O)C1=Cc2cc(OCc3ccccc3)ccc2CC1. The van der Waals surface area contributed by atoms with Crippen LogP contribution in [-0.2, 0) is 22.9 Å². The highest BCUT2D eigenvalue weighted by Crippen LogP contribution is 2.30. The molecule has 26 heavy (non-hydrogen) atoms. The molecule has 0 unspecified atom stereocenters. The molecule has 0 heterocycles. The number of allylic oxidation sites excluding steroid dienone is 1. The molecule has 0 spiro atoms. The van der Waals surface area contributed by atoms with Gasteiger partial charge in [0.15, 0.2) is 9.84 Å². The van der Waals surface area contributed by atoms with Crippen molar-refractivity contribution in [3.63, 3.8) is 0 Å².